The summed E-state index contributed by atoms with van der Waals surface area (Å²) in [5.74, 6) is 0. The Hall–Kier alpha value is -1.81. The van der Waals surface area contributed by atoms with Gasteiger partial charge in [0.05, 0.1) is 5.52 Å². The van der Waals surface area contributed by atoms with Gasteiger partial charge in [-0.3, -0.25) is 0 Å². The number of hydrogen-bond acceptors (Lipinski definition) is 3. The quantitative estimate of drug-likeness (QED) is 0.845. The molecule has 2 rings (SSSR count). The highest BCUT2D eigenvalue weighted by Crippen LogP contribution is 2.22. The molecule has 1 heterocycles. The van der Waals surface area contributed by atoms with Crippen LogP contribution in [0.15, 0.2) is 24.3 Å². The normalized spacial score (nSPS) is 11.5. The fourth-order valence-corrected chi connectivity index (χ4v) is 2.18. The number of fused-ring (bicyclic) bond motifs is 1. The molecule has 21 heavy (non-hydrogen) atoms. The minimum atomic E-state index is -0.521. The second-order valence-corrected chi connectivity index (χ2v) is 6.30. The lowest BCUT2D eigenvalue weighted by molar-refractivity contribution is 0.0523. The number of carbonyl (C=O) groups excluding carboxylic acids is 1. The zero-order chi connectivity index (χ0) is 15.6. The molecule has 1 aromatic heterocycles. The third-order valence-corrected chi connectivity index (χ3v) is 3.22. The van der Waals surface area contributed by atoms with E-state index in [4.69, 9.17) is 16.3 Å². The van der Waals surface area contributed by atoms with E-state index in [9.17, 15) is 4.79 Å². The lowest BCUT2D eigenvalue weighted by atomic mass is 10.1. The zero-order valence-electron chi connectivity index (χ0n) is 12.7. The highest BCUT2D eigenvalue weighted by atomic mass is 35.5. The molecule has 0 fully saturated rings. The number of halogens is 1. The molecule has 5 heteroatoms. The lowest BCUT2D eigenvalue weighted by Gasteiger charge is -2.19. The van der Waals surface area contributed by atoms with Gasteiger partial charge in [0.15, 0.2) is 0 Å². The molecule has 0 aliphatic rings. The molecule has 0 radical (unpaired) electrons. The molecular weight excluding hydrogens is 288 g/mol. The number of amides is 1. The average molecular weight is 307 g/mol. The van der Waals surface area contributed by atoms with Crippen LogP contribution in [0.4, 0.5) is 4.79 Å². The van der Waals surface area contributed by atoms with E-state index in [2.05, 4.69) is 10.3 Å². The Balaban J connectivity index is 2.16. The maximum absolute atomic E-state index is 11.7. The van der Waals surface area contributed by atoms with E-state index in [-0.39, 0.29) is 6.54 Å². The number of nitrogens with one attached hydrogen (secondary N) is 1. The Morgan fingerprint density at radius 3 is 2.76 bits per heavy atom. The predicted molar refractivity (Wildman–Crippen MR) is 84.6 cm³/mol. The molecule has 0 spiro atoms. The van der Waals surface area contributed by atoms with E-state index >= 15 is 0 Å². The lowest BCUT2D eigenvalue weighted by Crippen LogP contribution is -2.32. The van der Waals surface area contributed by atoms with Crippen LogP contribution < -0.4 is 5.32 Å². The minimum Gasteiger partial charge on any atom is -0.444 e. The summed E-state index contributed by atoms with van der Waals surface area (Å²) >= 11 is 6.19. The monoisotopic (exact) mass is 306 g/mol. The molecule has 0 atom stereocenters. The highest BCUT2D eigenvalue weighted by Gasteiger charge is 2.16. The van der Waals surface area contributed by atoms with E-state index in [0.717, 1.165) is 22.0 Å². The number of hydrogen-bond donors (Lipinski definition) is 1. The third-order valence-electron chi connectivity index (χ3n) is 2.90. The Bertz CT molecular complexity index is 678. The molecule has 1 N–H and O–H groups in total. The van der Waals surface area contributed by atoms with E-state index in [1.807, 2.05) is 52.0 Å². The minimum absolute atomic E-state index is 0.282. The van der Waals surface area contributed by atoms with Gasteiger partial charge in [-0.05, 0) is 39.3 Å². The summed E-state index contributed by atoms with van der Waals surface area (Å²) in [5.41, 5.74) is 2.19. The number of alkyl carbamates (subject to hydrolysis) is 1. The molecular formula is C16H19ClN2O2. The smallest absolute Gasteiger partial charge is 0.407 e. The number of carbonyl (C=O) groups is 1. The number of para-hydroxylation sites is 1. The second kappa shape index (κ2) is 5.90. The average Bonchev–Trinajstić information content (AvgIpc) is 2.35. The van der Waals surface area contributed by atoms with Crippen LogP contribution >= 0.6 is 11.6 Å². The molecule has 0 aliphatic heterocycles. The summed E-state index contributed by atoms with van der Waals surface area (Å²) in [6.07, 6.45) is -0.470. The van der Waals surface area contributed by atoms with Gasteiger partial charge in [0, 0.05) is 17.5 Å². The van der Waals surface area contributed by atoms with Crippen molar-refractivity contribution in [2.24, 2.45) is 0 Å². The maximum atomic E-state index is 11.7. The van der Waals surface area contributed by atoms with Gasteiger partial charge in [-0.15, -0.1) is 0 Å². The molecule has 0 aliphatic carbocycles. The van der Waals surface area contributed by atoms with Crippen LogP contribution in [0.1, 0.15) is 31.9 Å². The van der Waals surface area contributed by atoms with E-state index in [1.165, 1.54) is 0 Å². The van der Waals surface area contributed by atoms with Crippen molar-refractivity contribution in [3.63, 3.8) is 0 Å². The molecule has 0 saturated carbocycles. The van der Waals surface area contributed by atoms with E-state index < -0.39 is 11.7 Å². The molecule has 0 saturated heterocycles. The molecule has 112 valence electrons. The number of aryl methyl sites for hydroxylation is 1. The van der Waals surface area contributed by atoms with Crippen LogP contribution in [-0.2, 0) is 11.3 Å². The Morgan fingerprint density at radius 1 is 1.38 bits per heavy atom. The molecule has 4 nitrogen and oxygen atoms in total. The van der Waals surface area contributed by atoms with Crippen LogP contribution in [0.5, 0.6) is 0 Å². The van der Waals surface area contributed by atoms with Gasteiger partial charge in [0.25, 0.3) is 0 Å². The standard InChI is InChI=1S/C16H19ClN2O2/c1-10-6-5-7-11-8-12(14(17)19-13(10)11)9-18-15(20)21-16(2,3)4/h5-8H,9H2,1-4H3,(H,18,20). The Kier molecular flexibility index (Phi) is 4.37. The summed E-state index contributed by atoms with van der Waals surface area (Å²) in [4.78, 5) is 16.1. The first kappa shape index (κ1) is 15.6. The number of ether oxygens (including phenoxy) is 1. The van der Waals surface area contributed by atoms with Crippen molar-refractivity contribution in [3.05, 3.63) is 40.5 Å². The van der Waals surface area contributed by atoms with Gasteiger partial charge < -0.3 is 10.1 Å². The predicted octanol–water partition coefficient (Wildman–Crippen LogP) is 4.22. The second-order valence-electron chi connectivity index (χ2n) is 5.94. The van der Waals surface area contributed by atoms with Crippen LogP contribution in [0.25, 0.3) is 10.9 Å². The summed E-state index contributed by atoms with van der Waals surface area (Å²) in [6, 6.07) is 7.88. The van der Waals surface area contributed by atoms with Crippen LogP contribution in [0.3, 0.4) is 0 Å². The van der Waals surface area contributed by atoms with Gasteiger partial charge in [0.2, 0.25) is 0 Å². The fraction of sp³-hybridized carbons (Fsp3) is 0.375. The van der Waals surface area contributed by atoms with E-state index in [0.29, 0.717) is 5.15 Å². The number of nitrogens with zero attached hydrogens (tertiary/aromatic N) is 1. The Labute approximate surface area is 129 Å². The van der Waals surface area contributed by atoms with Crippen molar-refractivity contribution >= 4 is 28.6 Å². The van der Waals surface area contributed by atoms with Crippen molar-refractivity contribution < 1.29 is 9.53 Å². The summed E-state index contributed by atoms with van der Waals surface area (Å²) in [7, 11) is 0. The molecule has 2 aromatic rings. The van der Waals surface area contributed by atoms with Crippen molar-refractivity contribution in [2.75, 3.05) is 0 Å². The largest absolute Gasteiger partial charge is 0.444 e. The van der Waals surface area contributed by atoms with Gasteiger partial charge in [-0.1, -0.05) is 29.8 Å². The van der Waals surface area contributed by atoms with Gasteiger partial charge in [-0.25, -0.2) is 9.78 Å². The van der Waals surface area contributed by atoms with Crippen molar-refractivity contribution in [3.8, 4) is 0 Å². The van der Waals surface area contributed by atoms with Gasteiger partial charge in [0.1, 0.15) is 10.8 Å². The highest BCUT2D eigenvalue weighted by molar-refractivity contribution is 6.30. The van der Waals surface area contributed by atoms with Crippen molar-refractivity contribution in [1.82, 2.24) is 10.3 Å². The first-order valence-electron chi connectivity index (χ1n) is 6.78. The SMILES string of the molecule is Cc1cccc2cc(CNC(=O)OC(C)(C)C)c(Cl)nc12. The molecule has 0 bridgehead atoms. The molecule has 1 amide bonds. The number of aromatic nitrogens is 1. The molecule has 1 aromatic carbocycles. The van der Waals surface area contributed by atoms with Gasteiger partial charge >= 0.3 is 6.09 Å². The topological polar surface area (TPSA) is 51.2 Å². The Morgan fingerprint density at radius 2 is 2.10 bits per heavy atom. The summed E-state index contributed by atoms with van der Waals surface area (Å²) < 4.78 is 5.19. The number of pyridine rings is 1. The number of benzene rings is 1. The zero-order valence-corrected chi connectivity index (χ0v) is 13.4. The van der Waals surface area contributed by atoms with Crippen LogP contribution in [0, 0.1) is 6.92 Å². The van der Waals surface area contributed by atoms with Crippen molar-refractivity contribution in [1.29, 1.82) is 0 Å². The van der Waals surface area contributed by atoms with E-state index in [1.54, 1.807) is 0 Å². The number of rotatable bonds is 2. The third kappa shape index (κ3) is 4.08. The first-order valence-corrected chi connectivity index (χ1v) is 7.16. The maximum Gasteiger partial charge on any atom is 0.407 e. The summed E-state index contributed by atoms with van der Waals surface area (Å²) in [5, 5.41) is 4.09. The fourth-order valence-electron chi connectivity index (χ4n) is 1.97. The molecule has 0 unspecified atom stereocenters. The van der Waals surface area contributed by atoms with Crippen LogP contribution in [-0.4, -0.2) is 16.7 Å². The van der Waals surface area contributed by atoms with Crippen LogP contribution in [0.2, 0.25) is 5.15 Å². The van der Waals surface area contributed by atoms with Crippen molar-refractivity contribution in [2.45, 2.75) is 39.8 Å². The first-order chi connectivity index (χ1) is 9.76. The summed E-state index contributed by atoms with van der Waals surface area (Å²) in [6.45, 7) is 7.73. The van der Waals surface area contributed by atoms with Gasteiger partial charge in [-0.2, -0.15) is 0 Å².